The third-order valence-electron chi connectivity index (χ3n) is 2.79. The third kappa shape index (κ3) is 5.07. The van der Waals surface area contributed by atoms with Crippen molar-refractivity contribution in [3.05, 3.63) is 34.9 Å². The van der Waals surface area contributed by atoms with Gasteiger partial charge < -0.3 is 10.5 Å². The Balaban J connectivity index is 2.59. The van der Waals surface area contributed by atoms with Crippen molar-refractivity contribution in [2.75, 3.05) is 6.61 Å². The molecule has 0 saturated heterocycles. The fourth-order valence-electron chi connectivity index (χ4n) is 1.99. The molecule has 17 heavy (non-hydrogen) atoms. The van der Waals surface area contributed by atoms with E-state index >= 15 is 0 Å². The van der Waals surface area contributed by atoms with Gasteiger partial charge in [-0.1, -0.05) is 37.1 Å². The van der Waals surface area contributed by atoms with Gasteiger partial charge in [0.2, 0.25) is 0 Å². The van der Waals surface area contributed by atoms with Crippen molar-refractivity contribution < 1.29 is 4.74 Å². The summed E-state index contributed by atoms with van der Waals surface area (Å²) in [5.41, 5.74) is 7.38. The number of ether oxygens (including phenoxy) is 1. The van der Waals surface area contributed by atoms with Crippen LogP contribution in [0, 0.1) is 0 Å². The summed E-state index contributed by atoms with van der Waals surface area (Å²) in [6, 6.07) is 7.90. The van der Waals surface area contributed by atoms with Crippen molar-refractivity contribution in [3.63, 3.8) is 0 Å². The normalized spacial score (nSPS) is 14.6. The molecule has 1 rings (SSSR count). The van der Waals surface area contributed by atoms with Crippen molar-refractivity contribution in [2.24, 2.45) is 5.73 Å². The molecule has 2 unspecified atom stereocenters. The Labute approximate surface area is 109 Å². The molecule has 0 spiro atoms. The molecule has 3 heteroatoms. The largest absolute Gasteiger partial charge is 0.377 e. The predicted octanol–water partition coefficient (Wildman–Crippen LogP) is 3.42. The van der Waals surface area contributed by atoms with Gasteiger partial charge in [-0.15, -0.1) is 0 Å². The first-order chi connectivity index (χ1) is 8.17. The summed E-state index contributed by atoms with van der Waals surface area (Å²) < 4.78 is 5.69. The minimum atomic E-state index is 0.0355. The number of hydrogen-bond donors (Lipinski definition) is 1. The summed E-state index contributed by atoms with van der Waals surface area (Å²) in [5.74, 6) is 0. The SMILES string of the molecule is CCCC(OCC)C(N)Cc1cccc(Cl)c1. The second-order valence-corrected chi connectivity index (χ2v) is 4.72. The zero-order valence-electron chi connectivity index (χ0n) is 10.7. The average molecular weight is 256 g/mol. The van der Waals surface area contributed by atoms with Crippen LogP contribution in [0.3, 0.4) is 0 Å². The molecular weight excluding hydrogens is 234 g/mol. The quantitative estimate of drug-likeness (QED) is 0.810. The molecule has 0 aliphatic rings. The lowest BCUT2D eigenvalue weighted by Gasteiger charge is -2.23. The van der Waals surface area contributed by atoms with E-state index < -0.39 is 0 Å². The van der Waals surface area contributed by atoms with Crippen molar-refractivity contribution in [3.8, 4) is 0 Å². The Morgan fingerprint density at radius 1 is 1.35 bits per heavy atom. The molecule has 0 saturated carbocycles. The molecule has 2 atom stereocenters. The summed E-state index contributed by atoms with van der Waals surface area (Å²) in [6.45, 7) is 4.88. The van der Waals surface area contributed by atoms with E-state index in [4.69, 9.17) is 22.1 Å². The molecule has 0 aromatic heterocycles. The minimum Gasteiger partial charge on any atom is -0.377 e. The van der Waals surface area contributed by atoms with Gasteiger partial charge in [0, 0.05) is 17.7 Å². The van der Waals surface area contributed by atoms with Crippen LogP contribution in [0.1, 0.15) is 32.3 Å². The lowest BCUT2D eigenvalue weighted by atomic mass is 9.99. The zero-order chi connectivity index (χ0) is 12.7. The van der Waals surface area contributed by atoms with Crippen molar-refractivity contribution in [1.29, 1.82) is 0 Å². The molecule has 2 nitrogen and oxygen atoms in total. The third-order valence-corrected chi connectivity index (χ3v) is 3.03. The number of hydrogen-bond acceptors (Lipinski definition) is 2. The molecular formula is C14H22ClNO. The van der Waals surface area contributed by atoms with Crippen LogP contribution in [0.5, 0.6) is 0 Å². The van der Waals surface area contributed by atoms with E-state index in [1.165, 1.54) is 5.56 Å². The second kappa shape index (κ2) is 7.70. The van der Waals surface area contributed by atoms with Crippen molar-refractivity contribution in [1.82, 2.24) is 0 Å². The van der Waals surface area contributed by atoms with Gasteiger partial charge >= 0.3 is 0 Å². The summed E-state index contributed by atoms with van der Waals surface area (Å²) in [6.07, 6.45) is 3.05. The van der Waals surface area contributed by atoms with Gasteiger partial charge in [0.05, 0.1) is 6.10 Å². The highest BCUT2D eigenvalue weighted by Crippen LogP contribution is 2.15. The fraction of sp³-hybridized carbons (Fsp3) is 0.571. The highest BCUT2D eigenvalue weighted by atomic mass is 35.5. The highest BCUT2D eigenvalue weighted by molar-refractivity contribution is 6.30. The lowest BCUT2D eigenvalue weighted by Crippen LogP contribution is -2.38. The maximum atomic E-state index is 6.20. The van der Waals surface area contributed by atoms with E-state index in [2.05, 4.69) is 13.0 Å². The first-order valence-electron chi connectivity index (χ1n) is 6.29. The van der Waals surface area contributed by atoms with E-state index in [9.17, 15) is 0 Å². The zero-order valence-corrected chi connectivity index (χ0v) is 11.4. The fourth-order valence-corrected chi connectivity index (χ4v) is 2.20. The van der Waals surface area contributed by atoms with E-state index in [0.29, 0.717) is 6.61 Å². The summed E-state index contributed by atoms with van der Waals surface area (Å²) in [5, 5.41) is 0.762. The Bertz CT molecular complexity index is 324. The summed E-state index contributed by atoms with van der Waals surface area (Å²) >= 11 is 5.96. The predicted molar refractivity (Wildman–Crippen MR) is 73.5 cm³/mol. The van der Waals surface area contributed by atoms with Crippen LogP contribution in [0.15, 0.2) is 24.3 Å². The monoisotopic (exact) mass is 255 g/mol. The van der Waals surface area contributed by atoms with Gasteiger partial charge in [-0.05, 0) is 37.5 Å². The molecule has 0 aliphatic carbocycles. The van der Waals surface area contributed by atoms with E-state index in [1.54, 1.807) is 0 Å². The van der Waals surface area contributed by atoms with E-state index in [-0.39, 0.29) is 12.1 Å². The molecule has 0 bridgehead atoms. The van der Waals surface area contributed by atoms with Crippen LogP contribution in [0.25, 0.3) is 0 Å². The average Bonchev–Trinajstić information content (AvgIpc) is 2.28. The Morgan fingerprint density at radius 2 is 2.12 bits per heavy atom. The number of halogens is 1. The molecule has 0 heterocycles. The molecule has 0 radical (unpaired) electrons. The number of benzene rings is 1. The second-order valence-electron chi connectivity index (χ2n) is 4.28. The Morgan fingerprint density at radius 3 is 2.71 bits per heavy atom. The van der Waals surface area contributed by atoms with Crippen LogP contribution in [0.2, 0.25) is 5.02 Å². The van der Waals surface area contributed by atoms with E-state index in [1.807, 2.05) is 25.1 Å². The number of nitrogens with two attached hydrogens (primary N) is 1. The Hall–Kier alpha value is -0.570. The molecule has 96 valence electrons. The summed E-state index contributed by atoms with van der Waals surface area (Å²) in [4.78, 5) is 0. The minimum absolute atomic E-state index is 0.0355. The van der Waals surface area contributed by atoms with Gasteiger partial charge in [0.1, 0.15) is 0 Å². The van der Waals surface area contributed by atoms with Crippen LogP contribution >= 0.6 is 11.6 Å². The molecule has 1 aromatic rings. The van der Waals surface area contributed by atoms with Gasteiger partial charge in [0.15, 0.2) is 0 Å². The van der Waals surface area contributed by atoms with Gasteiger partial charge in [-0.3, -0.25) is 0 Å². The number of rotatable bonds is 7. The van der Waals surface area contributed by atoms with Crippen LogP contribution in [-0.2, 0) is 11.2 Å². The standard InChI is InChI=1S/C14H22ClNO/c1-3-6-14(17-4-2)13(16)10-11-7-5-8-12(15)9-11/h5,7-9,13-14H,3-4,6,10,16H2,1-2H3. The first-order valence-corrected chi connectivity index (χ1v) is 6.66. The van der Waals surface area contributed by atoms with Crippen molar-refractivity contribution >= 4 is 11.6 Å². The lowest BCUT2D eigenvalue weighted by molar-refractivity contribution is 0.0378. The molecule has 0 amide bonds. The van der Waals surface area contributed by atoms with Gasteiger partial charge in [-0.25, -0.2) is 0 Å². The van der Waals surface area contributed by atoms with Crippen molar-refractivity contribution in [2.45, 2.75) is 45.3 Å². The van der Waals surface area contributed by atoms with Crippen LogP contribution in [-0.4, -0.2) is 18.8 Å². The van der Waals surface area contributed by atoms with Gasteiger partial charge in [-0.2, -0.15) is 0 Å². The maximum Gasteiger partial charge on any atom is 0.0728 e. The molecule has 0 fully saturated rings. The van der Waals surface area contributed by atoms with Crippen LogP contribution in [0.4, 0.5) is 0 Å². The maximum absolute atomic E-state index is 6.20. The van der Waals surface area contributed by atoms with Crippen LogP contribution < -0.4 is 5.73 Å². The van der Waals surface area contributed by atoms with Gasteiger partial charge in [0.25, 0.3) is 0 Å². The first kappa shape index (κ1) is 14.5. The van der Waals surface area contributed by atoms with E-state index in [0.717, 1.165) is 24.3 Å². The smallest absolute Gasteiger partial charge is 0.0728 e. The Kier molecular flexibility index (Phi) is 6.56. The summed E-state index contributed by atoms with van der Waals surface area (Å²) in [7, 11) is 0. The molecule has 2 N–H and O–H groups in total. The molecule has 0 aliphatic heterocycles. The molecule has 1 aromatic carbocycles. The topological polar surface area (TPSA) is 35.2 Å². The highest BCUT2D eigenvalue weighted by Gasteiger charge is 2.17.